The van der Waals surface area contributed by atoms with Crippen LogP contribution in [-0.4, -0.2) is 70.2 Å². The molecule has 0 radical (unpaired) electrons. The maximum absolute atomic E-state index is 12.2. The van der Waals surface area contributed by atoms with Crippen LogP contribution in [-0.2, 0) is 19.9 Å². The molecule has 0 aromatic heterocycles. The van der Waals surface area contributed by atoms with Crippen molar-refractivity contribution in [2.24, 2.45) is 0 Å². The van der Waals surface area contributed by atoms with Crippen molar-refractivity contribution in [3.63, 3.8) is 0 Å². The summed E-state index contributed by atoms with van der Waals surface area (Å²) in [5.74, 6) is 1.00. The Hall–Kier alpha value is 0.170. The molecule has 0 amide bonds. The molecule has 9 heteroatoms. The zero-order valence-electron chi connectivity index (χ0n) is 11.3. The number of unbranched alkanes of at least 4 members (excludes halogenated alkanes) is 1. The van der Waals surface area contributed by atoms with Gasteiger partial charge in [-0.3, -0.25) is 0 Å². The van der Waals surface area contributed by atoms with E-state index in [2.05, 4.69) is 5.32 Å². The Morgan fingerprint density at radius 1 is 1.26 bits per heavy atom. The van der Waals surface area contributed by atoms with Crippen molar-refractivity contribution in [2.45, 2.75) is 18.2 Å². The van der Waals surface area contributed by atoms with Crippen LogP contribution in [0.3, 0.4) is 0 Å². The molecule has 0 aromatic carbocycles. The van der Waals surface area contributed by atoms with E-state index in [-0.39, 0.29) is 12.3 Å². The maximum Gasteiger partial charge on any atom is 0.215 e. The summed E-state index contributed by atoms with van der Waals surface area (Å²) in [6, 6.07) is 0. The molecule has 0 aromatic rings. The average Bonchev–Trinajstić information content (AvgIpc) is 2.34. The monoisotopic (exact) mass is 330 g/mol. The zero-order chi connectivity index (χ0) is 14.5. The second kappa shape index (κ2) is 7.26. The SMILES string of the molecule is CNCCCCS(=O)(=O)N1CCSCC1S(C)(=O)=O. The highest BCUT2D eigenvalue weighted by Crippen LogP contribution is 2.23. The van der Waals surface area contributed by atoms with Crippen LogP contribution in [0.1, 0.15) is 12.8 Å². The number of sulfone groups is 1. The molecule has 1 atom stereocenters. The van der Waals surface area contributed by atoms with Gasteiger partial charge in [0.15, 0.2) is 9.84 Å². The zero-order valence-corrected chi connectivity index (χ0v) is 13.8. The lowest BCUT2D eigenvalue weighted by atomic mass is 10.3. The molecule has 19 heavy (non-hydrogen) atoms. The molecule has 1 rings (SSSR count). The largest absolute Gasteiger partial charge is 0.320 e. The van der Waals surface area contributed by atoms with E-state index in [0.29, 0.717) is 17.9 Å². The standard InChI is InChI=1S/C10H22N2O4S3/c1-11-5-3-4-8-19(15,16)12-6-7-17-9-10(12)18(2,13)14/h10-11H,3-9H2,1-2H3. The van der Waals surface area contributed by atoms with Gasteiger partial charge in [0.2, 0.25) is 10.0 Å². The third-order valence-electron chi connectivity index (χ3n) is 2.97. The van der Waals surface area contributed by atoms with E-state index in [4.69, 9.17) is 0 Å². The first-order valence-corrected chi connectivity index (χ1v) is 10.9. The van der Waals surface area contributed by atoms with E-state index in [0.717, 1.165) is 19.2 Å². The molecule has 114 valence electrons. The lowest BCUT2D eigenvalue weighted by Gasteiger charge is -2.32. The topological polar surface area (TPSA) is 83.6 Å². The van der Waals surface area contributed by atoms with Crippen molar-refractivity contribution in [1.29, 1.82) is 0 Å². The molecule has 1 aliphatic heterocycles. The van der Waals surface area contributed by atoms with Crippen LogP contribution in [0, 0.1) is 0 Å². The minimum Gasteiger partial charge on any atom is -0.320 e. The number of sulfonamides is 1. The number of thioether (sulfide) groups is 1. The van der Waals surface area contributed by atoms with Crippen LogP contribution in [0.2, 0.25) is 0 Å². The van der Waals surface area contributed by atoms with Crippen molar-refractivity contribution in [3.05, 3.63) is 0 Å². The second-order valence-electron chi connectivity index (χ2n) is 4.60. The molecule has 1 unspecified atom stereocenters. The first-order chi connectivity index (χ1) is 8.79. The van der Waals surface area contributed by atoms with Crippen molar-refractivity contribution in [2.75, 3.05) is 43.7 Å². The van der Waals surface area contributed by atoms with E-state index in [9.17, 15) is 16.8 Å². The van der Waals surface area contributed by atoms with E-state index < -0.39 is 25.2 Å². The van der Waals surface area contributed by atoms with Crippen molar-refractivity contribution >= 4 is 31.6 Å². The summed E-state index contributed by atoms with van der Waals surface area (Å²) in [7, 11) is -5.05. The van der Waals surface area contributed by atoms with Gasteiger partial charge in [-0.1, -0.05) is 0 Å². The minimum atomic E-state index is -3.48. The molecule has 1 aliphatic rings. The lowest BCUT2D eigenvalue weighted by Crippen LogP contribution is -2.50. The van der Waals surface area contributed by atoms with Gasteiger partial charge < -0.3 is 5.32 Å². The van der Waals surface area contributed by atoms with Crippen LogP contribution in [0.4, 0.5) is 0 Å². The van der Waals surface area contributed by atoms with Gasteiger partial charge in [0.25, 0.3) is 0 Å². The lowest BCUT2D eigenvalue weighted by molar-refractivity contribution is 0.404. The molecule has 1 N–H and O–H groups in total. The molecular formula is C10H22N2O4S3. The van der Waals surface area contributed by atoms with Crippen LogP contribution < -0.4 is 5.32 Å². The van der Waals surface area contributed by atoms with Crippen molar-refractivity contribution in [3.8, 4) is 0 Å². The Morgan fingerprint density at radius 2 is 1.95 bits per heavy atom. The van der Waals surface area contributed by atoms with Crippen molar-refractivity contribution in [1.82, 2.24) is 9.62 Å². The molecular weight excluding hydrogens is 308 g/mol. The van der Waals surface area contributed by atoms with E-state index in [1.807, 2.05) is 7.05 Å². The predicted octanol–water partition coefficient (Wildman–Crippen LogP) is -0.265. The summed E-state index contributed by atoms with van der Waals surface area (Å²) in [5, 5.41) is 2.06. The summed E-state index contributed by atoms with van der Waals surface area (Å²) in [4.78, 5) is 0. The normalized spacial score (nSPS) is 22.5. The number of hydrogen-bond acceptors (Lipinski definition) is 6. The molecule has 1 saturated heterocycles. The van der Waals surface area contributed by atoms with Gasteiger partial charge in [-0.05, 0) is 26.4 Å². The summed E-state index contributed by atoms with van der Waals surface area (Å²) in [5.41, 5.74) is 0. The third-order valence-corrected chi connectivity index (χ3v) is 7.70. The fraction of sp³-hybridized carbons (Fsp3) is 1.00. The minimum absolute atomic E-state index is 0.0192. The molecule has 0 bridgehead atoms. The van der Waals surface area contributed by atoms with E-state index >= 15 is 0 Å². The molecule has 0 saturated carbocycles. The van der Waals surface area contributed by atoms with Crippen LogP contribution >= 0.6 is 11.8 Å². The van der Waals surface area contributed by atoms with Gasteiger partial charge in [0.1, 0.15) is 5.37 Å². The molecule has 1 heterocycles. The number of rotatable bonds is 7. The molecule has 6 nitrogen and oxygen atoms in total. The molecule has 0 spiro atoms. The third kappa shape index (κ3) is 5.22. The summed E-state index contributed by atoms with van der Waals surface area (Å²) < 4.78 is 49.0. The maximum atomic E-state index is 12.2. The van der Waals surface area contributed by atoms with E-state index in [1.54, 1.807) is 0 Å². The predicted molar refractivity (Wildman–Crippen MR) is 79.6 cm³/mol. The van der Waals surface area contributed by atoms with Crippen LogP contribution in [0.15, 0.2) is 0 Å². The summed E-state index contributed by atoms with van der Waals surface area (Å²) >= 11 is 1.49. The Kier molecular flexibility index (Phi) is 6.58. The fourth-order valence-electron chi connectivity index (χ4n) is 1.92. The van der Waals surface area contributed by atoms with Crippen LogP contribution in [0.5, 0.6) is 0 Å². The molecule has 0 aliphatic carbocycles. The van der Waals surface area contributed by atoms with E-state index in [1.165, 1.54) is 16.1 Å². The summed E-state index contributed by atoms with van der Waals surface area (Å²) in [6.07, 6.45) is 2.41. The number of nitrogens with one attached hydrogen (secondary N) is 1. The molecule has 1 fully saturated rings. The number of hydrogen-bond donors (Lipinski definition) is 1. The highest BCUT2D eigenvalue weighted by Gasteiger charge is 2.38. The van der Waals surface area contributed by atoms with Gasteiger partial charge in [0.05, 0.1) is 5.75 Å². The fourth-order valence-corrected chi connectivity index (χ4v) is 7.29. The number of nitrogens with zero attached hydrogens (tertiary/aromatic N) is 1. The van der Waals surface area contributed by atoms with Gasteiger partial charge in [-0.2, -0.15) is 16.1 Å². The van der Waals surface area contributed by atoms with Gasteiger partial charge in [-0.25, -0.2) is 16.8 Å². The quantitative estimate of drug-likeness (QED) is 0.647. The summed E-state index contributed by atoms with van der Waals surface area (Å²) in [6.45, 7) is 1.05. The smallest absolute Gasteiger partial charge is 0.215 e. The van der Waals surface area contributed by atoms with Gasteiger partial charge in [-0.15, -0.1) is 0 Å². The Labute approximate surface area is 120 Å². The van der Waals surface area contributed by atoms with Gasteiger partial charge in [0, 0.05) is 24.3 Å². The highest BCUT2D eigenvalue weighted by molar-refractivity contribution is 8.01. The first-order valence-electron chi connectivity index (χ1n) is 6.20. The van der Waals surface area contributed by atoms with Crippen molar-refractivity contribution < 1.29 is 16.8 Å². The highest BCUT2D eigenvalue weighted by atomic mass is 32.2. The first kappa shape index (κ1) is 17.2. The van der Waals surface area contributed by atoms with Gasteiger partial charge >= 0.3 is 0 Å². The Morgan fingerprint density at radius 3 is 2.53 bits per heavy atom. The Balaban J connectivity index is 2.73. The average molecular weight is 330 g/mol. The second-order valence-corrected chi connectivity index (χ2v) is 9.99. The van der Waals surface area contributed by atoms with Crippen LogP contribution in [0.25, 0.3) is 0 Å². The Bertz CT molecular complexity index is 475.